The molecule has 0 heterocycles. The van der Waals surface area contributed by atoms with Crippen molar-refractivity contribution in [3.63, 3.8) is 0 Å². The Morgan fingerprint density at radius 2 is 0.821 bits per heavy atom. The maximum absolute atomic E-state index is 15.7. The maximum atomic E-state index is 15.7. The number of ether oxygens (including phenoxy) is 5. The number of hydrogen-bond donors (Lipinski definition) is 1. The number of aliphatic carboxylic acids is 1. The van der Waals surface area contributed by atoms with Gasteiger partial charge in [0.1, 0.15) is 38.8 Å². The van der Waals surface area contributed by atoms with Gasteiger partial charge in [-0.15, -0.1) is 0 Å². The molecule has 0 radical (unpaired) electrons. The average molecular weight is 1080 g/mol. The Hall–Kier alpha value is -5.19. The zero-order valence-electron chi connectivity index (χ0n) is 52.0. The van der Waals surface area contributed by atoms with Crippen LogP contribution in [0, 0.1) is 59.6 Å². The molecule has 0 aliphatic heterocycles. The Bertz CT molecular complexity index is 2440. The second-order valence-corrected chi connectivity index (χ2v) is 28.8. The van der Waals surface area contributed by atoms with E-state index in [1.54, 1.807) is 0 Å². The van der Waals surface area contributed by atoms with Gasteiger partial charge in [0, 0.05) is 0 Å². The Labute approximate surface area is 471 Å². The monoisotopic (exact) mass is 1080 g/mol. The van der Waals surface area contributed by atoms with Gasteiger partial charge in [-0.2, -0.15) is 0 Å². The highest BCUT2D eigenvalue weighted by atomic mass is 16.6. The van der Waals surface area contributed by atoms with Crippen molar-refractivity contribution in [1.29, 1.82) is 0 Å². The summed E-state index contributed by atoms with van der Waals surface area (Å²) in [4.78, 5) is 69.6. The molecule has 0 fully saturated rings. The summed E-state index contributed by atoms with van der Waals surface area (Å²) in [7, 11) is 0. The predicted octanol–water partition coefficient (Wildman–Crippen LogP) is 15.9. The molecular formula is C67H102O11. The van der Waals surface area contributed by atoms with Crippen molar-refractivity contribution in [2.24, 2.45) is 59.6 Å². The SMILES string of the molecule is CC(C)(C)CC(C)(C(=O)OCCOc1ccccc1)C(C)(C)C(C)(C)CC(C)(C(=O)OCc1ccccc1)C(C)(C)C(C)(C)CC(C)(C(=O)OCCOC(=O)CCC(=O)O)C(C)(C)C(C)(C)CC(c1ccccc1)C(C)(C)C. The van der Waals surface area contributed by atoms with Crippen LogP contribution < -0.4 is 4.74 Å². The lowest BCUT2D eigenvalue weighted by Gasteiger charge is -2.61. The summed E-state index contributed by atoms with van der Waals surface area (Å²) in [5.41, 5.74) is -6.62. The van der Waals surface area contributed by atoms with Crippen LogP contribution in [0.25, 0.3) is 0 Å². The highest BCUT2D eigenvalue weighted by Gasteiger charge is 2.66. The summed E-state index contributed by atoms with van der Waals surface area (Å²) in [6.07, 6.45) is 1.10. The van der Waals surface area contributed by atoms with Crippen LogP contribution >= 0.6 is 0 Å². The third-order valence-corrected chi connectivity index (χ3v) is 19.7. The molecule has 0 saturated carbocycles. The molecule has 0 aliphatic rings. The first-order valence-electron chi connectivity index (χ1n) is 28.2. The minimum absolute atomic E-state index is 0.0528. The van der Waals surface area contributed by atoms with Crippen molar-refractivity contribution in [3.05, 3.63) is 102 Å². The van der Waals surface area contributed by atoms with Gasteiger partial charge in [-0.05, 0) is 119 Å². The number of carboxylic acid groups (broad SMARTS) is 1. The third-order valence-electron chi connectivity index (χ3n) is 19.7. The van der Waals surface area contributed by atoms with E-state index < -0.39 is 72.6 Å². The standard InChI is InChI=1S/C67H102O11/c1-57(2,3)45-65(19,54(71)76-41-39-74-50-35-29-24-30-36-50)63(15,16)60(9,10)47-67(21,56(73)78-44-48-31-25-22-26-32-48)64(17,18)61(11,12)46-66(20,55(72)77-42-40-75-53(70)38-37-52(68)69)62(13,14)59(7,8)43-51(58(4,5)6)49-33-27-23-28-34-49/h22-36,51H,37-47H2,1-21H3,(H,68,69). The first-order valence-corrected chi connectivity index (χ1v) is 28.2. The summed E-state index contributed by atoms with van der Waals surface area (Å²) >= 11 is 0. The van der Waals surface area contributed by atoms with Gasteiger partial charge in [0.25, 0.3) is 0 Å². The van der Waals surface area contributed by atoms with Crippen LogP contribution in [-0.4, -0.2) is 61.4 Å². The van der Waals surface area contributed by atoms with Crippen molar-refractivity contribution < 1.29 is 52.8 Å². The van der Waals surface area contributed by atoms with Gasteiger partial charge in [-0.25, -0.2) is 0 Å². The number of hydrogen-bond acceptors (Lipinski definition) is 10. The second-order valence-electron chi connectivity index (χ2n) is 28.8. The van der Waals surface area contributed by atoms with Crippen LogP contribution in [-0.2, 0) is 49.5 Å². The molecule has 4 atom stereocenters. The molecule has 11 nitrogen and oxygen atoms in total. The lowest BCUT2D eigenvalue weighted by Crippen LogP contribution is -2.60. The topological polar surface area (TPSA) is 152 Å². The molecule has 4 unspecified atom stereocenters. The maximum Gasteiger partial charge on any atom is 0.312 e. The van der Waals surface area contributed by atoms with E-state index in [0.717, 1.165) is 12.0 Å². The van der Waals surface area contributed by atoms with Crippen LogP contribution in [0.15, 0.2) is 91.0 Å². The molecule has 0 bridgehead atoms. The molecule has 436 valence electrons. The predicted molar refractivity (Wildman–Crippen MR) is 311 cm³/mol. The summed E-state index contributed by atoms with van der Waals surface area (Å²) in [6.45, 7) is 44.7. The van der Waals surface area contributed by atoms with Crippen LogP contribution in [0.2, 0.25) is 0 Å². The molecule has 78 heavy (non-hydrogen) atoms. The molecule has 0 saturated heterocycles. The van der Waals surface area contributed by atoms with Crippen LogP contribution in [0.3, 0.4) is 0 Å². The number of carboxylic acids is 1. The fourth-order valence-corrected chi connectivity index (χ4v) is 12.1. The summed E-state index contributed by atoms with van der Waals surface area (Å²) < 4.78 is 30.1. The van der Waals surface area contributed by atoms with Crippen molar-refractivity contribution in [2.75, 3.05) is 26.4 Å². The second kappa shape index (κ2) is 25.5. The summed E-state index contributed by atoms with van der Waals surface area (Å²) in [6, 6.07) is 29.6. The molecule has 3 aromatic rings. The van der Waals surface area contributed by atoms with E-state index in [0.29, 0.717) is 12.2 Å². The molecule has 3 aromatic carbocycles. The van der Waals surface area contributed by atoms with Gasteiger partial charge in [0.15, 0.2) is 0 Å². The number of carbonyl (C=O) groups excluding carboxylic acids is 4. The highest BCUT2D eigenvalue weighted by molar-refractivity contribution is 5.80. The van der Waals surface area contributed by atoms with E-state index in [-0.39, 0.29) is 81.4 Å². The highest BCUT2D eigenvalue weighted by Crippen LogP contribution is 2.67. The Morgan fingerprint density at radius 3 is 1.26 bits per heavy atom. The summed E-state index contributed by atoms with van der Waals surface area (Å²) in [5, 5.41) is 9.12. The Balaban J connectivity index is 2.25. The van der Waals surface area contributed by atoms with E-state index >= 15 is 9.59 Å². The van der Waals surface area contributed by atoms with Crippen molar-refractivity contribution in [1.82, 2.24) is 0 Å². The van der Waals surface area contributed by atoms with E-state index in [1.807, 2.05) is 87.5 Å². The first kappa shape index (κ1) is 67.1. The van der Waals surface area contributed by atoms with E-state index in [4.69, 9.17) is 28.8 Å². The van der Waals surface area contributed by atoms with Gasteiger partial charge < -0.3 is 28.8 Å². The Kier molecular flexibility index (Phi) is 21.9. The minimum Gasteiger partial charge on any atom is -0.490 e. The number of benzene rings is 3. The molecule has 1 N–H and O–H groups in total. The van der Waals surface area contributed by atoms with E-state index in [1.165, 1.54) is 5.56 Å². The van der Waals surface area contributed by atoms with E-state index in [9.17, 15) is 14.4 Å². The van der Waals surface area contributed by atoms with Gasteiger partial charge in [-0.1, -0.05) is 203 Å². The fraction of sp³-hybridized carbons (Fsp3) is 0.657. The van der Waals surface area contributed by atoms with Crippen LogP contribution in [0.1, 0.15) is 201 Å². The Morgan fingerprint density at radius 1 is 0.436 bits per heavy atom. The average Bonchev–Trinajstić information content (AvgIpc) is 3.33. The lowest BCUT2D eigenvalue weighted by molar-refractivity contribution is -0.196. The van der Waals surface area contributed by atoms with Gasteiger partial charge >= 0.3 is 29.8 Å². The summed E-state index contributed by atoms with van der Waals surface area (Å²) in [5.74, 6) is -2.21. The number of esters is 4. The van der Waals surface area contributed by atoms with Crippen molar-refractivity contribution in [2.45, 2.75) is 196 Å². The number of rotatable bonds is 29. The fourth-order valence-electron chi connectivity index (χ4n) is 12.1. The lowest BCUT2D eigenvalue weighted by atomic mass is 9.42. The van der Waals surface area contributed by atoms with Gasteiger partial charge in [0.2, 0.25) is 0 Å². The zero-order valence-corrected chi connectivity index (χ0v) is 52.0. The normalized spacial score (nSPS) is 15.9. The van der Waals surface area contributed by atoms with Crippen molar-refractivity contribution in [3.8, 4) is 5.75 Å². The molecule has 0 spiro atoms. The molecule has 11 heteroatoms. The van der Waals surface area contributed by atoms with E-state index in [2.05, 4.69) is 149 Å². The number of carbonyl (C=O) groups is 5. The van der Waals surface area contributed by atoms with Crippen molar-refractivity contribution >= 4 is 29.8 Å². The van der Waals surface area contributed by atoms with Crippen LogP contribution in [0.5, 0.6) is 5.75 Å². The molecule has 3 rings (SSSR count). The quantitative estimate of drug-likeness (QED) is 0.0402. The number of para-hydroxylation sites is 1. The van der Waals surface area contributed by atoms with Gasteiger partial charge in [-0.3, -0.25) is 24.0 Å². The molecule has 0 aromatic heterocycles. The third kappa shape index (κ3) is 15.8. The molecular weight excluding hydrogens is 981 g/mol. The first-order chi connectivity index (χ1) is 35.6. The zero-order chi connectivity index (χ0) is 59.6. The minimum atomic E-state index is -1.26. The smallest absolute Gasteiger partial charge is 0.312 e. The molecule has 0 aliphatic carbocycles. The molecule has 0 amide bonds. The van der Waals surface area contributed by atoms with Crippen LogP contribution in [0.4, 0.5) is 0 Å². The largest absolute Gasteiger partial charge is 0.490 e. The van der Waals surface area contributed by atoms with Gasteiger partial charge in [0.05, 0.1) is 29.1 Å².